The minimum absolute atomic E-state index is 0.00724. The quantitative estimate of drug-likeness (QED) is 0.946. The molecule has 5 heteroatoms. The van der Waals surface area contributed by atoms with Gasteiger partial charge in [-0.2, -0.15) is 0 Å². The van der Waals surface area contributed by atoms with Crippen molar-refractivity contribution in [1.82, 2.24) is 9.97 Å². The van der Waals surface area contributed by atoms with Crippen molar-refractivity contribution >= 4 is 27.7 Å². The third-order valence-corrected chi connectivity index (χ3v) is 3.40. The van der Waals surface area contributed by atoms with Crippen LogP contribution in [0, 0.1) is 0 Å². The summed E-state index contributed by atoms with van der Waals surface area (Å²) in [6.45, 7) is -0.00724. The second-order valence-corrected chi connectivity index (χ2v) is 4.97. The Morgan fingerprint density at radius 2 is 2.12 bits per heavy atom. The number of nitrogens with zero attached hydrogens (tertiary/aromatic N) is 2. The molecule has 3 nitrogen and oxygen atoms in total. The molecule has 0 aromatic carbocycles. The first kappa shape index (κ1) is 11.6. The molecule has 0 bridgehead atoms. The van der Waals surface area contributed by atoms with E-state index in [-0.39, 0.29) is 6.61 Å². The molecule has 0 atom stereocenters. The summed E-state index contributed by atoms with van der Waals surface area (Å²) in [4.78, 5) is 8.46. The van der Waals surface area contributed by atoms with Crippen LogP contribution in [0.1, 0.15) is 5.56 Å². The molecule has 82 valence electrons. The highest BCUT2D eigenvalue weighted by atomic mass is 79.9. The van der Waals surface area contributed by atoms with Crippen LogP contribution >= 0.6 is 27.7 Å². The lowest BCUT2D eigenvalue weighted by Crippen LogP contribution is -1.90. The Morgan fingerprint density at radius 1 is 1.25 bits per heavy atom. The maximum Gasteiger partial charge on any atom is 0.108 e. The summed E-state index contributed by atoms with van der Waals surface area (Å²) in [6, 6.07) is 7.50. The predicted octanol–water partition coefficient (Wildman–Crippen LogP) is 2.88. The van der Waals surface area contributed by atoms with Gasteiger partial charge in [0, 0.05) is 22.4 Å². The van der Waals surface area contributed by atoms with Gasteiger partial charge >= 0.3 is 0 Å². The summed E-state index contributed by atoms with van der Waals surface area (Å²) < 4.78 is 0.945. The molecule has 0 spiro atoms. The SMILES string of the molecule is OCc1cccnc1Sc1ccc(Br)cn1. The van der Waals surface area contributed by atoms with E-state index in [1.54, 1.807) is 12.4 Å². The average molecular weight is 297 g/mol. The predicted molar refractivity (Wildman–Crippen MR) is 66.2 cm³/mol. The molecule has 0 saturated carbocycles. The number of aliphatic hydroxyl groups is 1. The molecule has 0 unspecified atom stereocenters. The average Bonchev–Trinajstić information content (AvgIpc) is 2.33. The molecule has 2 aromatic rings. The number of hydrogen-bond acceptors (Lipinski definition) is 4. The lowest BCUT2D eigenvalue weighted by molar-refractivity contribution is 0.278. The van der Waals surface area contributed by atoms with Crippen molar-refractivity contribution < 1.29 is 5.11 Å². The van der Waals surface area contributed by atoms with Crippen molar-refractivity contribution in [1.29, 1.82) is 0 Å². The van der Waals surface area contributed by atoms with Crippen molar-refractivity contribution in [3.8, 4) is 0 Å². The van der Waals surface area contributed by atoms with E-state index in [4.69, 9.17) is 5.11 Å². The van der Waals surface area contributed by atoms with E-state index in [1.807, 2.05) is 24.3 Å². The zero-order valence-corrected chi connectivity index (χ0v) is 10.7. The van der Waals surface area contributed by atoms with E-state index in [9.17, 15) is 0 Å². The third-order valence-electron chi connectivity index (χ3n) is 1.92. The van der Waals surface area contributed by atoms with Gasteiger partial charge in [0.1, 0.15) is 10.1 Å². The molecule has 1 N–H and O–H groups in total. The van der Waals surface area contributed by atoms with Gasteiger partial charge in [0.25, 0.3) is 0 Å². The molecule has 0 amide bonds. The molecule has 0 aliphatic carbocycles. The largest absolute Gasteiger partial charge is 0.392 e. The highest BCUT2D eigenvalue weighted by Gasteiger charge is 2.05. The van der Waals surface area contributed by atoms with E-state index >= 15 is 0 Å². The summed E-state index contributed by atoms with van der Waals surface area (Å²) >= 11 is 4.78. The first-order valence-corrected chi connectivity index (χ1v) is 6.24. The standard InChI is InChI=1S/C11H9BrN2OS/c12-9-3-4-10(14-6-9)16-11-8(7-15)2-1-5-13-11/h1-6,15H,7H2. The number of pyridine rings is 2. The van der Waals surface area contributed by atoms with E-state index in [0.717, 1.165) is 20.1 Å². The van der Waals surface area contributed by atoms with Crippen LogP contribution in [0.3, 0.4) is 0 Å². The number of halogens is 1. The van der Waals surface area contributed by atoms with Crippen molar-refractivity contribution in [3.63, 3.8) is 0 Å². The topological polar surface area (TPSA) is 46.0 Å². The Bertz CT molecular complexity index is 476. The maximum atomic E-state index is 9.16. The minimum Gasteiger partial charge on any atom is -0.392 e. The molecule has 2 heterocycles. The molecule has 16 heavy (non-hydrogen) atoms. The van der Waals surface area contributed by atoms with Crippen molar-refractivity contribution in [2.24, 2.45) is 0 Å². The Morgan fingerprint density at radius 3 is 2.81 bits per heavy atom. The fourth-order valence-corrected chi connectivity index (χ4v) is 2.21. The van der Waals surface area contributed by atoms with Gasteiger partial charge in [-0.05, 0) is 45.9 Å². The summed E-state index contributed by atoms with van der Waals surface area (Å²) in [5, 5.41) is 10.8. The smallest absolute Gasteiger partial charge is 0.108 e. The van der Waals surface area contributed by atoms with E-state index < -0.39 is 0 Å². The van der Waals surface area contributed by atoms with E-state index in [1.165, 1.54) is 11.8 Å². The van der Waals surface area contributed by atoms with Crippen molar-refractivity contribution in [2.75, 3.05) is 0 Å². The molecule has 0 aliphatic rings. The van der Waals surface area contributed by atoms with Gasteiger partial charge in [-0.1, -0.05) is 6.07 Å². The van der Waals surface area contributed by atoms with Crippen LogP contribution in [0.25, 0.3) is 0 Å². The molecular weight excluding hydrogens is 288 g/mol. The summed E-state index contributed by atoms with van der Waals surface area (Å²) in [6.07, 6.45) is 3.45. The van der Waals surface area contributed by atoms with E-state index in [0.29, 0.717) is 0 Å². The van der Waals surface area contributed by atoms with Gasteiger partial charge in [0.15, 0.2) is 0 Å². The van der Waals surface area contributed by atoms with Crippen LogP contribution in [0.4, 0.5) is 0 Å². The van der Waals surface area contributed by atoms with Crippen LogP contribution < -0.4 is 0 Å². The number of aromatic nitrogens is 2. The van der Waals surface area contributed by atoms with Crippen LogP contribution in [0.2, 0.25) is 0 Å². The van der Waals surface area contributed by atoms with Gasteiger partial charge in [0.05, 0.1) is 6.61 Å². The third kappa shape index (κ3) is 2.81. The Kier molecular flexibility index (Phi) is 3.93. The second-order valence-electron chi connectivity index (χ2n) is 3.04. The van der Waals surface area contributed by atoms with Gasteiger partial charge in [-0.15, -0.1) is 0 Å². The van der Waals surface area contributed by atoms with Crippen LogP contribution in [0.5, 0.6) is 0 Å². The lowest BCUT2D eigenvalue weighted by atomic mass is 10.3. The lowest BCUT2D eigenvalue weighted by Gasteiger charge is -2.04. The summed E-state index contributed by atoms with van der Waals surface area (Å²) in [7, 11) is 0. The Balaban J connectivity index is 2.23. The molecule has 2 rings (SSSR count). The van der Waals surface area contributed by atoms with Gasteiger partial charge in [-0.25, -0.2) is 9.97 Å². The van der Waals surface area contributed by atoms with Crippen LogP contribution in [0.15, 0.2) is 51.2 Å². The highest BCUT2D eigenvalue weighted by Crippen LogP contribution is 2.27. The monoisotopic (exact) mass is 296 g/mol. The molecule has 2 aromatic heterocycles. The van der Waals surface area contributed by atoms with Gasteiger partial charge in [0.2, 0.25) is 0 Å². The fraction of sp³-hybridized carbons (Fsp3) is 0.0909. The van der Waals surface area contributed by atoms with Crippen LogP contribution in [-0.2, 0) is 6.61 Å². The normalized spacial score (nSPS) is 10.4. The van der Waals surface area contributed by atoms with Crippen LogP contribution in [-0.4, -0.2) is 15.1 Å². The Hall–Kier alpha value is -0.910. The summed E-state index contributed by atoms with van der Waals surface area (Å²) in [5.74, 6) is 0. The molecule has 0 aliphatic heterocycles. The first-order valence-electron chi connectivity index (χ1n) is 4.64. The van der Waals surface area contributed by atoms with Crippen molar-refractivity contribution in [3.05, 3.63) is 46.7 Å². The zero-order chi connectivity index (χ0) is 11.4. The minimum atomic E-state index is -0.00724. The highest BCUT2D eigenvalue weighted by molar-refractivity contribution is 9.10. The first-order chi connectivity index (χ1) is 7.79. The number of aliphatic hydroxyl groups excluding tert-OH is 1. The molecule has 0 radical (unpaired) electrons. The molecule has 0 fully saturated rings. The number of hydrogen-bond donors (Lipinski definition) is 1. The molecule has 0 saturated heterocycles. The van der Waals surface area contributed by atoms with Crippen molar-refractivity contribution in [2.45, 2.75) is 16.7 Å². The number of rotatable bonds is 3. The second kappa shape index (κ2) is 5.43. The fourth-order valence-electron chi connectivity index (χ4n) is 1.16. The Labute approximate surface area is 106 Å². The zero-order valence-electron chi connectivity index (χ0n) is 8.30. The van der Waals surface area contributed by atoms with Gasteiger partial charge < -0.3 is 5.11 Å². The summed E-state index contributed by atoms with van der Waals surface area (Å²) in [5.41, 5.74) is 0.817. The van der Waals surface area contributed by atoms with E-state index in [2.05, 4.69) is 25.9 Å². The molecular formula is C11H9BrN2OS. The van der Waals surface area contributed by atoms with Gasteiger partial charge in [-0.3, -0.25) is 0 Å². The maximum absolute atomic E-state index is 9.16.